The highest BCUT2D eigenvalue weighted by Crippen LogP contribution is 2.36. The van der Waals surface area contributed by atoms with Gasteiger partial charge in [-0.3, -0.25) is 10.1 Å². The van der Waals surface area contributed by atoms with E-state index in [1.807, 2.05) is 0 Å². The second-order valence-corrected chi connectivity index (χ2v) is 5.23. The minimum Gasteiger partial charge on any atom is -0.480 e. The zero-order valence-electron chi connectivity index (χ0n) is 11.6. The molecule has 2 heterocycles. The van der Waals surface area contributed by atoms with Gasteiger partial charge in [-0.1, -0.05) is 18.3 Å². The largest absolute Gasteiger partial charge is 0.480 e. The van der Waals surface area contributed by atoms with Crippen LogP contribution < -0.4 is 4.74 Å². The predicted octanol–water partition coefficient (Wildman–Crippen LogP) is 4.04. The summed E-state index contributed by atoms with van der Waals surface area (Å²) in [5.41, 5.74) is 0.528. The molecular weight excluding hydrogens is 326 g/mol. The topological polar surface area (TPSA) is 57.3 Å². The highest BCUT2D eigenvalue weighted by Gasteiger charge is 2.29. The molecule has 1 unspecified atom stereocenters. The van der Waals surface area contributed by atoms with Crippen molar-refractivity contribution in [2.75, 3.05) is 0 Å². The van der Waals surface area contributed by atoms with Crippen molar-refractivity contribution in [3.63, 3.8) is 0 Å². The van der Waals surface area contributed by atoms with Crippen molar-refractivity contribution in [3.8, 4) is 5.75 Å². The van der Waals surface area contributed by atoms with Crippen molar-refractivity contribution in [1.82, 2.24) is 4.57 Å². The van der Waals surface area contributed by atoms with E-state index in [2.05, 4.69) is 0 Å². The lowest BCUT2D eigenvalue weighted by Crippen LogP contribution is -2.27. The highest BCUT2D eigenvalue weighted by molar-refractivity contribution is 7.71. The Kier molecular flexibility index (Phi) is 3.91. The average Bonchev–Trinajstić information content (AvgIpc) is 2.53. The molecule has 3 rings (SSSR count). The SMILES string of the molecule is O=[N+]([O-])c1ccc2c(c1)C(n1ccccc1=S)=CC(C(F)F)O2. The van der Waals surface area contributed by atoms with Crippen LogP contribution in [0.25, 0.3) is 5.70 Å². The van der Waals surface area contributed by atoms with Crippen LogP contribution in [0.2, 0.25) is 0 Å². The van der Waals surface area contributed by atoms with E-state index in [0.717, 1.165) is 0 Å². The van der Waals surface area contributed by atoms with Crippen molar-refractivity contribution in [2.45, 2.75) is 12.5 Å². The second kappa shape index (κ2) is 5.88. The van der Waals surface area contributed by atoms with E-state index in [1.165, 1.54) is 28.8 Å². The molecule has 0 N–H and O–H groups in total. The summed E-state index contributed by atoms with van der Waals surface area (Å²) < 4.78 is 33.3. The number of rotatable bonds is 3. The van der Waals surface area contributed by atoms with Gasteiger partial charge in [-0.15, -0.1) is 0 Å². The molecule has 0 bridgehead atoms. The molecule has 1 aliphatic rings. The number of fused-ring (bicyclic) bond motifs is 1. The lowest BCUT2D eigenvalue weighted by atomic mass is 10.0. The number of ether oxygens (including phenoxy) is 1. The molecule has 2 aromatic rings. The first kappa shape index (κ1) is 15.3. The molecule has 0 radical (unpaired) electrons. The van der Waals surface area contributed by atoms with Gasteiger partial charge in [-0.25, -0.2) is 8.78 Å². The summed E-state index contributed by atoms with van der Waals surface area (Å²) in [5.74, 6) is 0.157. The average molecular weight is 336 g/mol. The van der Waals surface area contributed by atoms with E-state index in [9.17, 15) is 18.9 Å². The third-order valence-corrected chi connectivity index (χ3v) is 3.70. The minimum absolute atomic E-state index is 0.156. The Morgan fingerprint density at radius 2 is 2.09 bits per heavy atom. The fourth-order valence-electron chi connectivity index (χ4n) is 2.32. The smallest absolute Gasteiger partial charge is 0.278 e. The first-order valence-electron chi connectivity index (χ1n) is 6.61. The highest BCUT2D eigenvalue weighted by atomic mass is 32.1. The van der Waals surface area contributed by atoms with Gasteiger partial charge in [0.1, 0.15) is 10.4 Å². The van der Waals surface area contributed by atoms with Crippen LogP contribution in [0.5, 0.6) is 5.75 Å². The zero-order valence-corrected chi connectivity index (χ0v) is 12.4. The monoisotopic (exact) mass is 336 g/mol. The number of nitro benzene ring substituents is 1. The maximum absolute atomic E-state index is 13.1. The number of hydrogen-bond donors (Lipinski definition) is 0. The Morgan fingerprint density at radius 1 is 1.30 bits per heavy atom. The van der Waals surface area contributed by atoms with Crippen LogP contribution in [0, 0.1) is 14.8 Å². The van der Waals surface area contributed by atoms with Gasteiger partial charge in [0.15, 0.2) is 6.10 Å². The summed E-state index contributed by atoms with van der Waals surface area (Å²) >= 11 is 5.21. The number of non-ortho nitro benzene ring substituents is 1. The molecule has 8 heteroatoms. The summed E-state index contributed by atoms with van der Waals surface area (Å²) in [6.45, 7) is 0. The van der Waals surface area contributed by atoms with Crippen LogP contribution in [0.15, 0.2) is 48.7 Å². The maximum Gasteiger partial charge on any atom is 0.278 e. The molecule has 0 fully saturated rings. The number of pyridine rings is 1. The molecule has 0 spiro atoms. The van der Waals surface area contributed by atoms with Crippen molar-refractivity contribution in [1.29, 1.82) is 0 Å². The molecule has 0 amide bonds. The van der Waals surface area contributed by atoms with E-state index in [0.29, 0.717) is 15.9 Å². The van der Waals surface area contributed by atoms with Gasteiger partial charge in [0, 0.05) is 23.9 Å². The van der Waals surface area contributed by atoms with Crippen LogP contribution in [0.1, 0.15) is 5.56 Å². The summed E-state index contributed by atoms with van der Waals surface area (Å²) in [6.07, 6.45) is -1.33. The number of nitrogens with zero attached hydrogens (tertiary/aromatic N) is 2. The van der Waals surface area contributed by atoms with Crippen LogP contribution >= 0.6 is 12.2 Å². The lowest BCUT2D eigenvalue weighted by Gasteiger charge is -2.26. The molecule has 0 saturated carbocycles. The van der Waals surface area contributed by atoms with E-state index in [-0.39, 0.29) is 11.4 Å². The van der Waals surface area contributed by atoms with E-state index < -0.39 is 17.5 Å². The zero-order chi connectivity index (χ0) is 16.6. The number of benzene rings is 1. The number of halogens is 2. The van der Waals surface area contributed by atoms with Crippen LogP contribution in [-0.4, -0.2) is 22.0 Å². The summed E-state index contributed by atoms with van der Waals surface area (Å²) in [5, 5.41) is 11.0. The first-order chi connectivity index (χ1) is 11.0. The predicted molar refractivity (Wildman–Crippen MR) is 82.2 cm³/mol. The fourth-order valence-corrected chi connectivity index (χ4v) is 2.56. The van der Waals surface area contributed by atoms with E-state index in [1.54, 1.807) is 24.4 Å². The molecule has 1 aliphatic heterocycles. The normalized spacial score (nSPS) is 16.5. The Morgan fingerprint density at radius 3 is 2.74 bits per heavy atom. The quantitative estimate of drug-likeness (QED) is 0.482. The Hall–Kier alpha value is -2.61. The molecular formula is C15H10F2N2O3S. The fraction of sp³-hybridized carbons (Fsp3) is 0.133. The van der Waals surface area contributed by atoms with Crippen LogP contribution in [-0.2, 0) is 0 Å². The summed E-state index contributed by atoms with van der Waals surface area (Å²) in [7, 11) is 0. The second-order valence-electron chi connectivity index (χ2n) is 4.82. The maximum atomic E-state index is 13.1. The molecule has 1 aromatic heterocycles. The van der Waals surface area contributed by atoms with Crippen LogP contribution in [0.3, 0.4) is 0 Å². The third kappa shape index (κ3) is 2.85. The van der Waals surface area contributed by atoms with Gasteiger partial charge in [0.25, 0.3) is 12.1 Å². The van der Waals surface area contributed by atoms with Gasteiger partial charge in [0.2, 0.25) is 0 Å². The Balaban J connectivity index is 2.22. The molecule has 23 heavy (non-hydrogen) atoms. The standard InChI is InChI=1S/C15H10F2N2O3S/c16-15(17)13-8-11(18-6-2-1-3-14(18)23)10-7-9(19(20)21)4-5-12(10)22-13/h1-8,13,15H. The number of hydrogen-bond acceptors (Lipinski definition) is 4. The van der Waals surface area contributed by atoms with Gasteiger partial charge in [0.05, 0.1) is 10.6 Å². The minimum atomic E-state index is -2.73. The number of aromatic nitrogens is 1. The van der Waals surface area contributed by atoms with Gasteiger partial charge < -0.3 is 9.30 Å². The van der Waals surface area contributed by atoms with Crippen molar-refractivity contribution >= 4 is 23.6 Å². The molecule has 5 nitrogen and oxygen atoms in total. The molecule has 0 saturated heterocycles. The van der Waals surface area contributed by atoms with E-state index in [4.69, 9.17) is 17.0 Å². The molecule has 1 atom stereocenters. The first-order valence-corrected chi connectivity index (χ1v) is 7.01. The molecule has 118 valence electrons. The number of alkyl halides is 2. The third-order valence-electron chi connectivity index (χ3n) is 3.37. The molecule has 1 aromatic carbocycles. The van der Waals surface area contributed by atoms with Crippen molar-refractivity contribution in [2.24, 2.45) is 0 Å². The van der Waals surface area contributed by atoms with Gasteiger partial charge in [-0.2, -0.15) is 0 Å². The van der Waals surface area contributed by atoms with Gasteiger partial charge in [-0.05, 0) is 24.3 Å². The van der Waals surface area contributed by atoms with Crippen molar-refractivity contribution < 1.29 is 18.4 Å². The lowest BCUT2D eigenvalue weighted by molar-refractivity contribution is -0.384. The van der Waals surface area contributed by atoms with Crippen LogP contribution in [0.4, 0.5) is 14.5 Å². The molecule has 0 aliphatic carbocycles. The van der Waals surface area contributed by atoms with Gasteiger partial charge >= 0.3 is 0 Å². The number of nitro groups is 1. The van der Waals surface area contributed by atoms with Crippen molar-refractivity contribution in [3.05, 3.63) is 69.0 Å². The Bertz CT molecular complexity index is 864. The Labute approximate surface area is 134 Å². The van der Waals surface area contributed by atoms with E-state index >= 15 is 0 Å². The summed E-state index contributed by atoms with van der Waals surface area (Å²) in [6, 6.07) is 8.88. The summed E-state index contributed by atoms with van der Waals surface area (Å²) in [4.78, 5) is 10.4.